The van der Waals surface area contributed by atoms with Gasteiger partial charge in [-0.15, -0.1) is 0 Å². The Labute approximate surface area is 226 Å². The van der Waals surface area contributed by atoms with E-state index in [1.807, 2.05) is 6.08 Å². The van der Waals surface area contributed by atoms with Crippen molar-refractivity contribution in [1.82, 2.24) is 0 Å². The third kappa shape index (κ3) is 3.97. The molecule has 4 nitrogen and oxygen atoms in total. The molecule has 0 saturated heterocycles. The van der Waals surface area contributed by atoms with Crippen molar-refractivity contribution in [2.45, 2.75) is 70.6 Å². The van der Waals surface area contributed by atoms with E-state index in [0.29, 0.717) is 18.3 Å². The van der Waals surface area contributed by atoms with Crippen LogP contribution in [0.15, 0.2) is 47.1 Å². The van der Waals surface area contributed by atoms with Gasteiger partial charge in [0.15, 0.2) is 14.8 Å². The van der Waals surface area contributed by atoms with Crippen molar-refractivity contribution in [3.05, 3.63) is 52.6 Å². The van der Waals surface area contributed by atoms with Gasteiger partial charge in [-0.05, 0) is 97.4 Å². The number of fused-ring (bicyclic) bond motifs is 4. The predicted octanol–water partition coefficient (Wildman–Crippen LogP) is 6.54. The van der Waals surface area contributed by atoms with Gasteiger partial charge in [-0.1, -0.05) is 40.6 Å². The lowest BCUT2D eigenvalue weighted by Gasteiger charge is -2.55. The summed E-state index contributed by atoms with van der Waals surface area (Å²) >= 11 is 3.78. The number of carbonyl (C=O) groups excluding carboxylic acids is 1. The van der Waals surface area contributed by atoms with Crippen LogP contribution in [-0.4, -0.2) is 40.4 Å². The molecule has 0 amide bonds. The number of hydrogen-bond donors (Lipinski definition) is 0. The summed E-state index contributed by atoms with van der Waals surface area (Å²) in [7, 11) is 2.82. The van der Waals surface area contributed by atoms with Crippen molar-refractivity contribution in [1.29, 1.82) is 5.26 Å². The van der Waals surface area contributed by atoms with Gasteiger partial charge in [0, 0.05) is 37.5 Å². The van der Waals surface area contributed by atoms with Gasteiger partial charge < -0.3 is 9.33 Å². The summed E-state index contributed by atoms with van der Waals surface area (Å²) in [4.78, 5) is 14.8. The molecular formula is C30H39BrN2O2Si. The Balaban J connectivity index is 1.71. The van der Waals surface area contributed by atoms with E-state index in [2.05, 4.69) is 85.3 Å². The highest BCUT2D eigenvalue weighted by Crippen LogP contribution is 2.69. The van der Waals surface area contributed by atoms with Crippen molar-refractivity contribution in [2.24, 2.45) is 22.7 Å². The van der Waals surface area contributed by atoms with E-state index in [4.69, 9.17) is 4.43 Å². The first-order chi connectivity index (χ1) is 17.1. The van der Waals surface area contributed by atoms with Gasteiger partial charge in [0.25, 0.3) is 0 Å². The molecule has 0 bridgehead atoms. The van der Waals surface area contributed by atoms with Crippen LogP contribution in [0.25, 0.3) is 0 Å². The Morgan fingerprint density at radius 2 is 1.94 bits per heavy atom. The minimum absolute atomic E-state index is 0.0558. The van der Waals surface area contributed by atoms with Crippen molar-refractivity contribution in [3.63, 3.8) is 0 Å². The molecule has 6 heteroatoms. The average molecular weight is 568 g/mol. The Bertz CT molecular complexity index is 1150. The molecule has 1 aromatic rings. The zero-order chi connectivity index (χ0) is 25.8. The molecule has 5 rings (SSSR count). The van der Waals surface area contributed by atoms with Gasteiger partial charge in [-0.2, -0.15) is 5.26 Å². The van der Waals surface area contributed by atoms with Crippen LogP contribution in [0.4, 0.5) is 5.69 Å². The maximum absolute atomic E-state index is 12.7. The lowest BCUT2D eigenvalue weighted by Crippen LogP contribution is -2.49. The molecule has 192 valence electrons. The molecule has 0 N–H and O–H groups in total. The average Bonchev–Trinajstić information content (AvgIpc) is 3.15. The first kappa shape index (κ1) is 25.9. The highest BCUT2D eigenvalue weighted by atomic mass is 79.9. The fourth-order valence-electron chi connectivity index (χ4n) is 8.00. The quantitative estimate of drug-likeness (QED) is 0.300. The van der Waals surface area contributed by atoms with E-state index in [0.717, 1.165) is 37.4 Å². The van der Waals surface area contributed by atoms with Gasteiger partial charge in [0.2, 0.25) is 0 Å². The van der Waals surface area contributed by atoms with Crippen molar-refractivity contribution >= 4 is 36.4 Å². The van der Waals surface area contributed by atoms with Crippen molar-refractivity contribution < 1.29 is 9.22 Å². The van der Waals surface area contributed by atoms with E-state index in [1.54, 1.807) is 0 Å². The minimum atomic E-state index is -1.34. The Morgan fingerprint density at radius 1 is 1.22 bits per heavy atom. The standard InChI is InChI=1S/C30H39BrN2O2Si/c1-29-16-24(19-6-9-21(10-7-19)33(2)3)28-23(25(29)12-13-30(29,17-31)18-32)11-8-20-14-22(34)15-26(27(20)28)35-36(4)5/h6-7,9-10,14,23-26,36H,8,11-13,15-17H2,1-5H3/t23-,24+,25-,26?,29-,30-/m0/s1. The summed E-state index contributed by atoms with van der Waals surface area (Å²) in [5, 5.41) is 11.2. The van der Waals surface area contributed by atoms with Crippen LogP contribution in [-0.2, 0) is 9.22 Å². The molecule has 2 saturated carbocycles. The first-order valence-corrected chi connectivity index (χ1v) is 17.4. The maximum atomic E-state index is 12.7. The van der Waals surface area contributed by atoms with E-state index >= 15 is 0 Å². The van der Waals surface area contributed by atoms with E-state index in [1.165, 1.54) is 28.0 Å². The fourth-order valence-corrected chi connectivity index (χ4v) is 9.93. The van der Waals surface area contributed by atoms with Crippen LogP contribution in [0.3, 0.4) is 0 Å². The summed E-state index contributed by atoms with van der Waals surface area (Å²) in [6, 6.07) is 11.8. The minimum Gasteiger partial charge on any atom is -0.413 e. The summed E-state index contributed by atoms with van der Waals surface area (Å²) in [6.07, 6.45) is 7.34. The normalized spacial score (nSPS) is 35.6. The van der Waals surface area contributed by atoms with Crippen LogP contribution in [0.2, 0.25) is 13.1 Å². The lowest BCUT2D eigenvalue weighted by atomic mass is 9.49. The molecule has 0 aliphatic heterocycles. The van der Waals surface area contributed by atoms with E-state index in [9.17, 15) is 10.1 Å². The smallest absolute Gasteiger partial charge is 0.171 e. The van der Waals surface area contributed by atoms with Crippen molar-refractivity contribution in [2.75, 3.05) is 24.3 Å². The third-order valence-corrected chi connectivity index (χ3v) is 11.6. The summed E-state index contributed by atoms with van der Waals surface area (Å²) in [5.74, 6) is 1.38. The summed E-state index contributed by atoms with van der Waals surface area (Å²) < 4.78 is 6.59. The number of allylic oxidation sites excluding steroid dienone is 2. The monoisotopic (exact) mass is 566 g/mol. The molecule has 1 unspecified atom stereocenters. The summed E-state index contributed by atoms with van der Waals surface area (Å²) in [5.41, 5.74) is 6.24. The number of rotatable bonds is 5. The number of nitrogens with zero attached hydrogens (tertiary/aromatic N) is 2. The highest BCUT2D eigenvalue weighted by Gasteiger charge is 2.63. The second kappa shape index (κ2) is 9.56. The number of nitriles is 1. The van der Waals surface area contributed by atoms with Crippen molar-refractivity contribution in [3.8, 4) is 6.07 Å². The van der Waals surface area contributed by atoms with Gasteiger partial charge in [-0.3, -0.25) is 4.79 Å². The number of benzene rings is 1. The topological polar surface area (TPSA) is 53.3 Å². The van der Waals surface area contributed by atoms with Crippen LogP contribution >= 0.6 is 15.9 Å². The molecular weight excluding hydrogens is 528 g/mol. The van der Waals surface area contributed by atoms with Crippen LogP contribution in [0.5, 0.6) is 0 Å². The number of halogens is 1. The molecule has 0 spiro atoms. The Morgan fingerprint density at radius 3 is 2.56 bits per heavy atom. The molecule has 36 heavy (non-hydrogen) atoms. The lowest BCUT2D eigenvalue weighted by molar-refractivity contribution is -0.116. The molecule has 4 aliphatic carbocycles. The maximum Gasteiger partial charge on any atom is 0.171 e. The zero-order valence-corrected chi connectivity index (χ0v) is 25.1. The highest BCUT2D eigenvalue weighted by molar-refractivity contribution is 9.09. The van der Waals surface area contributed by atoms with Gasteiger partial charge in [0.05, 0.1) is 17.6 Å². The molecule has 6 atom stereocenters. The largest absolute Gasteiger partial charge is 0.413 e. The third-order valence-electron chi connectivity index (χ3n) is 9.80. The number of anilines is 1. The van der Waals surface area contributed by atoms with Crippen LogP contribution < -0.4 is 4.90 Å². The second-order valence-electron chi connectivity index (χ2n) is 12.2. The number of hydrogen-bond acceptors (Lipinski definition) is 4. The van der Waals surface area contributed by atoms with E-state index < -0.39 is 9.04 Å². The number of carbonyl (C=O) groups is 1. The predicted molar refractivity (Wildman–Crippen MR) is 152 cm³/mol. The molecule has 4 aliphatic rings. The Kier molecular flexibility index (Phi) is 6.89. The Hall–Kier alpha value is -1.68. The molecule has 2 fully saturated rings. The number of alkyl halides is 1. The first-order valence-electron chi connectivity index (χ1n) is 13.5. The van der Waals surface area contributed by atoms with Crippen LogP contribution in [0.1, 0.15) is 56.9 Å². The fraction of sp³-hybridized carbons (Fsp3) is 0.600. The second-order valence-corrected chi connectivity index (χ2v) is 15.1. The van der Waals surface area contributed by atoms with Gasteiger partial charge in [-0.25, -0.2) is 0 Å². The zero-order valence-electron chi connectivity index (χ0n) is 22.3. The van der Waals surface area contributed by atoms with Gasteiger partial charge in [0.1, 0.15) is 0 Å². The van der Waals surface area contributed by atoms with Gasteiger partial charge >= 0.3 is 0 Å². The number of ketones is 1. The molecule has 0 radical (unpaired) electrons. The molecule has 0 heterocycles. The summed E-state index contributed by atoms with van der Waals surface area (Å²) in [6.45, 7) is 6.82. The van der Waals surface area contributed by atoms with Crippen LogP contribution in [0, 0.1) is 34.0 Å². The molecule has 0 aromatic heterocycles. The molecule has 1 aromatic carbocycles. The SMILES string of the molecule is CN(C)c1ccc([C@H]2C[C@@]3(C)[C@@H](CC[C@@]3(C#N)CBr)[C@@H]3CCC4=CC(=O)CC(O[SiH](C)C)C4=C32)cc1. The van der Waals surface area contributed by atoms with E-state index in [-0.39, 0.29) is 28.6 Å².